The van der Waals surface area contributed by atoms with Gasteiger partial charge in [0.1, 0.15) is 5.82 Å². The second-order valence-corrected chi connectivity index (χ2v) is 4.51. The standard InChI is InChI=1S/C16H13FN2/c17-15-10-13(18)6-5-12(15)9-11-7-8-19-16-4-2-1-3-14(11)16/h1-8,10H,9,18H2. The molecule has 2 nitrogen and oxygen atoms in total. The van der Waals surface area contributed by atoms with Crippen LogP contribution in [0, 0.1) is 5.82 Å². The van der Waals surface area contributed by atoms with Crippen molar-refractivity contribution in [3.63, 3.8) is 0 Å². The zero-order valence-electron chi connectivity index (χ0n) is 10.3. The second-order valence-electron chi connectivity index (χ2n) is 4.51. The minimum atomic E-state index is -0.263. The van der Waals surface area contributed by atoms with Gasteiger partial charge in [-0.05, 0) is 35.4 Å². The van der Waals surface area contributed by atoms with Crippen molar-refractivity contribution in [3.05, 3.63) is 71.7 Å². The van der Waals surface area contributed by atoms with E-state index >= 15 is 0 Å². The third kappa shape index (κ3) is 2.27. The lowest BCUT2D eigenvalue weighted by atomic mass is 10.0. The van der Waals surface area contributed by atoms with Gasteiger partial charge in [-0.1, -0.05) is 24.3 Å². The molecule has 2 N–H and O–H groups in total. The van der Waals surface area contributed by atoms with Gasteiger partial charge in [-0.3, -0.25) is 4.98 Å². The highest BCUT2D eigenvalue weighted by Crippen LogP contribution is 2.21. The van der Waals surface area contributed by atoms with E-state index in [1.165, 1.54) is 6.07 Å². The Morgan fingerprint density at radius 1 is 1.00 bits per heavy atom. The molecule has 0 amide bonds. The lowest BCUT2D eigenvalue weighted by molar-refractivity contribution is 0.615. The highest BCUT2D eigenvalue weighted by atomic mass is 19.1. The largest absolute Gasteiger partial charge is 0.399 e. The Kier molecular flexibility index (Phi) is 2.88. The molecule has 0 atom stereocenters. The first-order chi connectivity index (χ1) is 9.24. The summed E-state index contributed by atoms with van der Waals surface area (Å²) in [6.07, 6.45) is 2.29. The summed E-state index contributed by atoms with van der Waals surface area (Å²) < 4.78 is 13.8. The summed E-state index contributed by atoms with van der Waals surface area (Å²) in [4.78, 5) is 4.31. The highest BCUT2D eigenvalue weighted by Gasteiger charge is 2.07. The van der Waals surface area contributed by atoms with E-state index in [4.69, 9.17) is 5.73 Å². The van der Waals surface area contributed by atoms with Gasteiger partial charge in [0.25, 0.3) is 0 Å². The Hall–Kier alpha value is -2.42. The number of halogens is 1. The number of pyridine rings is 1. The molecule has 3 rings (SSSR count). The predicted octanol–water partition coefficient (Wildman–Crippen LogP) is 3.55. The second kappa shape index (κ2) is 4.69. The van der Waals surface area contributed by atoms with Crippen LogP contribution in [0.4, 0.5) is 10.1 Å². The van der Waals surface area contributed by atoms with E-state index in [0.717, 1.165) is 16.5 Å². The van der Waals surface area contributed by atoms with E-state index in [9.17, 15) is 4.39 Å². The van der Waals surface area contributed by atoms with Gasteiger partial charge in [0.05, 0.1) is 5.52 Å². The van der Waals surface area contributed by atoms with Crippen LogP contribution in [0.1, 0.15) is 11.1 Å². The molecule has 19 heavy (non-hydrogen) atoms. The third-order valence-corrected chi connectivity index (χ3v) is 3.20. The Morgan fingerprint density at radius 2 is 1.84 bits per heavy atom. The number of nitrogen functional groups attached to an aromatic ring is 1. The molecule has 0 aliphatic heterocycles. The van der Waals surface area contributed by atoms with Crippen LogP contribution in [0.3, 0.4) is 0 Å². The Bertz CT molecular complexity index is 732. The lowest BCUT2D eigenvalue weighted by Crippen LogP contribution is -1.96. The summed E-state index contributed by atoms with van der Waals surface area (Å²) in [7, 11) is 0. The normalized spacial score (nSPS) is 10.8. The van der Waals surface area contributed by atoms with E-state index < -0.39 is 0 Å². The van der Waals surface area contributed by atoms with Gasteiger partial charge in [-0.2, -0.15) is 0 Å². The van der Waals surface area contributed by atoms with Gasteiger partial charge in [0.15, 0.2) is 0 Å². The number of para-hydroxylation sites is 1. The summed E-state index contributed by atoms with van der Waals surface area (Å²) in [5.74, 6) is -0.263. The highest BCUT2D eigenvalue weighted by molar-refractivity contribution is 5.82. The summed E-state index contributed by atoms with van der Waals surface area (Å²) in [5.41, 5.74) is 8.64. The van der Waals surface area contributed by atoms with Crippen molar-refractivity contribution in [2.75, 3.05) is 5.73 Å². The fraction of sp³-hybridized carbons (Fsp3) is 0.0625. The Morgan fingerprint density at radius 3 is 2.68 bits per heavy atom. The molecular formula is C16H13FN2. The van der Waals surface area contributed by atoms with E-state index in [1.54, 1.807) is 18.3 Å². The number of hydrogen-bond donors (Lipinski definition) is 1. The zero-order valence-corrected chi connectivity index (χ0v) is 10.3. The molecule has 0 saturated heterocycles. The van der Waals surface area contributed by atoms with Crippen molar-refractivity contribution in [1.82, 2.24) is 4.98 Å². The van der Waals surface area contributed by atoms with Crippen molar-refractivity contribution in [2.45, 2.75) is 6.42 Å². The maximum atomic E-state index is 13.8. The third-order valence-electron chi connectivity index (χ3n) is 3.20. The van der Waals surface area contributed by atoms with Gasteiger partial charge < -0.3 is 5.73 Å². The minimum Gasteiger partial charge on any atom is -0.399 e. The minimum absolute atomic E-state index is 0.263. The van der Waals surface area contributed by atoms with E-state index in [-0.39, 0.29) is 5.82 Å². The fourth-order valence-electron chi connectivity index (χ4n) is 2.22. The average Bonchev–Trinajstić information content (AvgIpc) is 2.42. The molecule has 0 aliphatic carbocycles. The van der Waals surface area contributed by atoms with Gasteiger partial charge in [0, 0.05) is 23.7 Å². The molecule has 0 fully saturated rings. The molecule has 2 aromatic carbocycles. The number of benzene rings is 2. The van der Waals surface area contributed by atoms with E-state index in [1.807, 2.05) is 30.3 Å². The van der Waals surface area contributed by atoms with Crippen LogP contribution < -0.4 is 5.73 Å². The van der Waals surface area contributed by atoms with Gasteiger partial charge in [-0.25, -0.2) is 4.39 Å². The molecule has 1 heterocycles. The first-order valence-electron chi connectivity index (χ1n) is 6.10. The van der Waals surface area contributed by atoms with Gasteiger partial charge in [-0.15, -0.1) is 0 Å². The molecule has 3 heteroatoms. The van der Waals surface area contributed by atoms with E-state index in [2.05, 4.69) is 4.98 Å². The SMILES string of the molecule is Nc1ccc(Cc2ccnc3ccccc23)c(F)c1. The summed E-state index contributed by atoms with van der Waals surface area (Å²) >= 11 is 0. The smallest absolute Gasteiger partial charge is 0.128 e. The molecular weight excluding hydrogens is 239 g/mol. The van der Waals surface area contributed by atoms with Crippen LogP contribution in [0.25, 0.3) is 10.9 Å². The molecule has 0 spiro atoms. The topological polar surface area (TPSA) is 38.9 Å². The van der Waals surface area contributed by atoms with Gasteiger partial charge in [0.2, 0.25) is 0 Å². The van der Waals surface area contributed by atoms with Crippen molar-refractivity contribution < 1.29 is 4.39 Å². The van der Waals surface area contributed by atoms with Gasteiger partial charge >= 0.3 is 0 Å². The fourth-order valence-corrected chi connectivity index (χ4v) is 2.22. The molecule has 0 unspecified atom stereocenters. The number of hydrogen-bond acceptors (Lipinski definition) is 2. The molecule has 1 aromatic heterocycles. The molecule has 0 saturated carbocycles. The summed E-state index contributed by atoms with van der Waals surface area (Å²) in [5, 5.41) is 1.06. The average molecular weight is 252 g/mol. The zero-order chi connectivity index (χ0) is 13.2. The van der Waals surface area contributed by atoms with E-state index in [0.29, 0.717) is 17.7 Å². The maximum absolute atomic E-state index is 13.8. The van der Waals surface area contributed by atoms with Crippen molar-refractivity contribution in [3.8, 4) is 0 Å². The molecule has 0 bridgehead atoms. The van der Waals surface area contributed by atoms with Crippen LogP contribution in [-0.4, -0.2) is 4.98 Å². The molecule has 94 valence electrons. The number of nitrogens with zero attached hydrogens (tertiary/aromatic N) is 1. The number of nitrogens with two attached hydrogens (primary N) is 1. The van der Waals surface area contributed by atoms with Crippen molar-refractivity contribution >= 4 is 16.6 Å². The maximum Gasteiger partial charge on any atom is 0.128 e. The van der Waals surface area contributed by atoms with Crippen LogP contribution >= 0.6 is 0 Å². The Balaban J connectivity index is 2.06. The predicted molar refractivity (Wildman–Crippen MR) is 75.4 cm³/mol. The van der Waals surface area contributed by atoms with Crippen LogP contribution in [0.5, 0.6) is 0 Å². The number of fused-ring (bicyclic) bond motifs is 1. The van der Waals surface area contributed by atoms with Crippen LogP contribution in [0.15, 0.2) is 54.7 Å². The number of rotatable bonds is 2. The first kappa shape index (κ1) is 11.7. The van der Waals surface area contributed by atoms with Crippen LogP contribution in [0.2, 0.25) is 0 Å². The Labute approximate surface area is 110 Å². The summed E-state index contributed by atoms with van der Waals surface area (Å²) in [6, 6.07) is 14.6. The number of aromatic nitrogens is 1. The quantitative estimate of drug-likeness (QED) is 0.708. The molecule has 0 radical (unpaired) electrons. The number of anilines is 1. The molecule has 0 aliphatic rings. The van der Waals surface area contributed by atoms with Crippen LogP contribution in [-0.2, 0) is 6.42 Å². The monoisotopic (exact) mass is 252 g/mol. The summed E-state index contributed by atoms with van der Waals surface area (Å²) in [6.45, 7) is 0. The first-order valence-corrected chi connectivity index (χ1v) is 6.10. The van der Waals surface area contributed by atoms with Crippen molar-refractivity contribution in [2.24, 2.45) is 0 Å². The lowest BCUT2D eigenvalue weighted by Gasteiger charge is -2.07. The molecule has 3 aromatic rings. The van der Waals surface area contributed by atoms with Crippen molar-refractivity contribution in [1.29, 1.82) is 0 Å².